The van der Waals surface area contributed by atoms with Gasteiger partial charge in [-0.25, -0.2) is 15.0 Å². The van der Waals surface area contributed by atoms with Crippen molar-refractivity contribution in [2.24, 2.45) is 0 Å². The van der Waals surface area contributed by atoms with E-state index in [-0.39, 0.29) is 35.7 Å². The molecule has 0 aliphatic carbocycles. The van der Waals surface area contributed by atoms with E-state index in [1.54, 1.807) is 18.3 Å². The van der Waals surface area contributed by atoms with Gasteiger partial charge in [0.1, 0.15) is 38.8 Å². The van der Waals surface area contributed by atoms with Gasteiger partial charge in [-0.05, 0) is 186 Å². The van der Waals surface area contributed by atoms with Crippen molar-refractivity contribution < 1.29 is 34.6 Å². The second-order valence-electron chi connectivity index (χ2n) is 17.6. The van der Waals surface area contributed by atoms with Crippen LogP contribution < -0.4 is 15.5 Å². The summed E-state index contributed by atoms with van der Waals surface area (Å²) in [7, 11) is -1.46. The number of nitrogens with one attached hydrogen (secondary N) is 1. The number of benzene rings is 5. The summed E-state index contributed by atoms with van der Waals surface area (Å²) in [5, 5.41) is 38.1. The SMILES string of the molecule is Brc1cnc2ccccn12.Cc1ccc(CC(=O)CCl)cc1C.Cc1ccc(NC(=O)COc2ccc(-c3cnc4ccccn34)cc2)cc1C.OB(O)c1ccc(O)cc1.Oc1ccc(-c2cnc3ccccn23)cc1. The number of aromatic nitrogens is 6. The number of aromatic hydroxyl groups is 2. The number of hydrogen-bond acceptors (Lipinski definition) is 10. The van der Waals surface area contributed by atoms with E-state index < -0.39 is 7.12 Å². The fourth-order valence-corrected chi connectivity index (χ4v) is 8.04. The smallest absolute Gasteiger partial charge is 0.488 e. The molecule has 0 aliphatic rings. The molecule has 17 heteroatoms. The van der Waals surface area contributed by atoms with Gasteiger partial charge >= 0.3 is 7.12 Å². The van der Waals surface area contributed by atoms with Crippen LogP contribution >= 0.6 is 27.5 Å². The zero-order valence-electron chi connectivity index (χ0n) is 42.7. The van der Waals surface area contributed by atoms with Crippen LogP contribution in [0.15, 0.2) is 206 Å². The quantitative estimate of drug-likeness (QED) is 0.0651. The molecule has 6 aromatic heterocycles. The number of imidazole rings is 3. The van der Waals surface area contributed by atoms with Gasteiger partial charge in [0.2, 0.25) is 0 Å². The molecule has 11 rings (SSSR count). The Kier molecular flexibility index (Phi) is 19.9. The molecule has 11 aromatic rings. The predicted molar refractivity (Wildman–Crippen MR) is 309 cm³/mol. The standard InChI is InChI=1S/C23H21N3O2.C13H10N2O.C11H13ClO.C7H5BrN2.C6H7BO3/c1-16-6-9-19(13-17(16)2)25-23(27)15-28-20-10-7-18(8-11-20)21-14-24-22-5-3-4-12-26(21)22;16-11-6-4-10(5-7-11)12-9-14-13-3-1-2-8-15(12)13;1-8-3-4-10(5-9(8)2)6-11(13)7-12;8-6-5-9-7-3-1-2-4-10(6)7;8-6-3-1-5(2-4-6)7(9)10/h3-14H,15H2,1-2H3,(H,25,27);1-9,16H;3-5H,6-7H2,1-2H3;1-5H;1-4,8-10H. The van der Waals surface area contributed by atoms with E-state index in [0.717, 1.165) is 60.9 Å². The van der Waals surface area contributed by atoms with Crippen LogP contribution in [0.2, 0.25) is 0 Å². The highest BCUT2D eigenvalue weighted by atomic mass is 79.9. The number of aryl methyl sites for hydroxylation is 4. The Hall–Kier alpha value is -8.54. The Balaban J connectivity index is 0.000000150. The Morgan fingerprint density at radius 2 is 1.06 bits per heavy atom. The van der Waals surface area contributed by atoms with E-state index in [1.165, 1.54) is 41.0 Å². The Bertz CT molecular complexity index is 3700. The maximum Gasteiger partial charge on any atom is 0.488 e. The predicted octanol–water partition coefficient (Wildman–Crippen LogP) is 11.2. The number of halogens is 2. The second-order valence-corrected chi connectivity index (χ2v) is 18.7. The molecule has 5 aromatic carbocycles. The van der Waals surface area contributed by atoms with Crippen LogP contribution in [0.5, 0.6) is 17.2 Å². The first kappa shape index (κ1) is 56.2. The number of phenols is 2. The minimum atomic E-state index is -1.46. The molecule has 6 heterocycles. The molecular weight excluding hydrogens is 1060 g/mol. The first-order chi connectivity index (χ1) is 37.1. The minimum absolute atomic E-state index is 0.0398. The maximum atomic E-state index is 12.1. The molecule has 390 valence electrons. The molecule has 1 amide bonds. The summed E-state index contributed by atoms with van der Waals surface area (Å²) in [6.45, 7) is 8.13. The van der Waals surface area contributed by atoms with E-state index in [1.807, 2.05) is 192 Å². The number of ether oxygens (including phenoxy) is 1. The number of fused-ring (bicyclic) bond motifs is 3. The van der Waals surface area contributed by atoms with Crippen molar-refractivity contribution in [1.82, 2.24) is 28.2 Å². The minimum Gasteiger partial charge on any atom is -0.508 e. The van der Waals surface area contributed by atoms with Crippen LogP contribution in [0.3, 0.4) is 0 Å². The third-order valence-corrected chi connectivity index (χ3v) is 12.9. The molecule has 0 atom stereocenters. The summed E-state index contributed by atoms with van der Waals surface area (Å²) in [5.41, 5.74) is 13.9. The zero-order valence-corrected chi connectivity index (χ0v) is 45.0. The number of alkyl halides is 1. The highest BCUT2D eigenvalue weighted by Gasteiger charge is 2.11. The summed E-state index contributed by atoms with van der Waals surface area (Å²) < 4.78 is 12.6. The summed E-state index contributed by atoms with van der Waals surface area (Å²) in [4.78, 5) is 36.0. The topological polar surface area (TPSA) is 188 Å². The van der Waals surface area contributed by atoms with Gasteiger partial charge in [0.15, 0.2) is 12.4 Å². The van der Waals surface area contributed by atoms with Crippen molar-refractivity contribution >= 4 is 74.4 Å². The first-order valence-electron chi connectivity index (χ1n) is 24.3. The lowest BCUT2D eigenvalue weighted by Crippen LogP contribution is -2.29. The van der Waals surface area contributed by atoms with E-state index in [0.29, 0.717) is 17.6 Å². The van der Waals surface area contributed by atoms with Crippen molar-refractivity contribution in [3.63, 3.8) is 0 Å². The molecule has 0 aliphatic heterocycles. The lowest BCUT2D eigenvalue weighted by Gasteiger charge is -2.09. The van der Waals surface area contributed by atoms with Gasteiger partial charge < -0.3 is 30.3 Å². The van der Waals surface area contributed by atoms with Crippen LogP contribution in [0, 0.1) is 27.7 Å². The van der Waals surface area contributed by atoms with E-state index in [2.05, 4.69) is 43.1 Å². The van der Waals surface area contributed by atoms with Crippen LogP contribution in [0.1, 0.15) is 27.8 Å². The number of pyridine rings is 3. The van der Waals surface area contributed by atoms with Gasteiger partial charge in [-0.1, -0.05) is 54.6 Å². The first-order valence-corrected chi connectivity index (χ1v) is 25.6. The van der Waals surface area contributed by atoms with Gasteiger partial charge in [0.05, 0.1) is 35.9 Å². The number of rotatable bonds is 10. The molecule has 77 heavy (non-hydrogen) atoms. The lowest BCUT2D eigenvalue weighted by atomic mass is 9.80. The molecule has 0 saturated carbocycles. The van der Waals surface area contributed by atoms with Gasteiger partial charge in [0, 0.05) is 41.8 Å². The van der Waals surface area contributed by atoms with Crippen LogP contribution in [-0.4, -0.2) is 79.7 Å². The molecule has 0 fully saturated rings. The Labute approximate surface area is 459 Å². The van der Waals surface area contributed by atoms with E-state index in [4.69, 9.17) is 31.5 Å². The molecule has 0 spiro atoms. The molecule has 0 saturated heterocycles. The Morgan fingerprint density at radius 1 is 0.584 bits per heavy atom. The number of phenolic OH excluding ortho intramolecular Hbond substituents is 2. The van der Waals surface area contributed by atoms with Crippen molar-refractivity contribution in [2.45, 2.75) is 34.1 Å². The number of Topliss-reactive ketones (excluding diaryl/α,β-unsaturated/α-hetero) is 1. The summed E-state index contributed by atoms with van der Waals surface area (Å²) >= 11 is 8.79. The van der Waals surface area contributed by atoms with E-state index >= 15 is 0 Å². The Morgan fingerprint density at radius 3 is 1.57 bits per heavy atom. The fraction of sp³-hybridized carbons (Fsp3) is 0.117. The van der Waals surface area contributed by atoms with Crippen molar-refractivity contribution in [1.29, 1.82) is 0 Å². The van der Waals surface area contributed by atoms with Crippen molar-refractivity contribution in [3.8, 4) is 39.8 Å². The van der Waals surface area contributed by atoms with Gasteiger partial charge in [-0.2, -0.15) is 0 Å². The molecule has 14 nitrogen and oxygen atoms in total. The zero-order chi connectivity index (χ0) is 54.8. The number of ketones is 1. The number of carbonyl (C=O) groups is 2. The van der Waals surface area contributed by atoms with Gasteiger partial charge in [-0.15, -0.1) is 11.6 Å². The third kappa shape index (κ3) is 16.0. The lowest BCUT2D eigenvalue weighted by molar-refractivity contribution is -0.118. The number of amides is 1. The normalized spacial score (nSPS) is 10.4. The van der Waals surface area contributed by atoms with Crippen molar-refractivity contribution in [3.05, 3.63) is 233 Å². The number of hydrogen-bond donors (Lipinski definition) is 5. The highest BCUT2D eigenvalue weighted by molar-refractivity contribution is 9.10. The van der Waals surface area contributed by atoms with Gasteiger partial charge in [-0.3, -0.25) is 22.8 Å². The highest BCUT2D eigenvalue weighted by Crippen LogP contribution is 2.25. The van der Waals surface area contributed by atoms with Crippen molar-refractivity contribution in [2.75, 3.05) is 17.8 Å². The molecule has 0 unspecified atom stereocenters. The van der Waals surface area contributed by atoms with Gasteiger partial charge in [0.25, 0.3) is 5.91 Å². The molecule has 0 radical (unpaired) electrons. The summed E-state index contributed by atoms with van der Waals surface area (Å²) in [5.74, 6) is 1.03. The summed E-state index contributed by atoms with van der Waals surface area (Å²) in [6, 6.07) is 50.1. The number of anilines is 1. The van der Waals surface area contributed by atoms with Crippen LogP contribution in [0.4, 0.5) is 5.69 Å². The maximum absolute atomic E-state index is 12.1. The average molecular weight is 1110 g/mol. The molecule has 5 N–H and O–H groups in total. The molecule has 0 bridgehead atoms. The summed E-state index contributed by atoms with van der Waals surface area (Å²) in [6.07, 6.45) is 11.8. The monoisotopic (exact) mass is 1110 g/mol. The number of nitrogens with zero attached hydrogens (tertiary/aromatic N) is 6. The van der Waals surface area contributed by atoms with Crippen LogP contribution in [-0.2, 0) is 16.0 Å². The van der Waals surface area contributed by atoms with Crippen LogP contribution in [0.25, 0.3) is 39.5 Å². The van der Waals surface area contributed by atoms with E-state index in [9.17, 15) is 14.7 Å². The fourth-order valence-electron chi connectivity index (χ4n) is 7.55. The number of carbonyl (C=O) groups excluding carboxylic acids is 2. The third-order valence-electron chi connectivity index (χ3n) is 12.0. The average Bonchev–Trinajstić information content (AvgIpc) is 4.19. The molecular formula is C60H56BBrClN7O7. The second kappa shape index (κ2) is 27.3. The largest absolute Gasteiger partial charge is 0.508 e.